The largest absolute Gasteiger partial charge is 0.381 e. The highest BCUT2D eigenvalue weighted by Gasteiger charge is 2.70. The molecule has 5 rings (SSSR count). The first kappa shape index (κ1) is 28.0. The number of aromatic nitrogens is 2. The van der Waals surface area contributed by atoms with E-state index in [9.17, 15) is 19.6 Å². The molecule has 2 unspecified atom stereocenters. The second-order valence-corrected chi connectivity index (χ2v) is 13.1. The van der Waals surface area contributed by atoms with Crippen LogP contribution in [0.1, 0.15) is 59.2 Å². The molecular formula is C30H38N6O4. The van der Waals surface area contributed by atoms with Gasteiger partial charge in [0.1, 0.15) is 17.8 Å². The number of amides is 3. The van der Waals surface area contributed by atoms with Crippen LogP contribution in [0.2, 0.25) is 0 Å². The van der Waals surface area contributed by atoms with Crippen LogP contribution in [0.5, 0.6) is 0 Å². The van der Waals surface area contributed by atoms with E-state index in [1.165, 1.54) is 0 Å². The van der Waals surface area contributed by atoms with Crippen LogP contribution in [0.15, 0.2) is 30.5 Å². The molecule has 2 N–H and O–H groups in total. The van der Waals surface area contributed by atoms with Crippen molar-refractivity contribution in [2.45, 2.75) is 71.7 Å². The standard InChI is InChI=1S/C30H38N6O4/c1-29(2,3)25(34-26(37)17-11-18(12-17)40-6)28(39)36-15-20-22(30(20,4)5)24(36)27(38)33-21(13-31)23-19-10-8-7-9-16(19)14-32-35-23/h7-10,14,17-18,20-22,24-25H,11-12,15H2,1-6H3,(H,33,38)(H,34,37)/t17?,18?,20-,21?,22-,24-,25?/m0/s1. The van der Waals surface area contributed by atoms with E-state index in [0.717, 1.165) is 10.8 Å². The van der Waals surface area contributed by atoms with Crippen LogP contribution in [-0.4, -0.2) is 64.7 Å². The average molecular weight is 547 g/mol. The molecule has 3 fully saturated rings. The summed E-state index contributed by atoms with van der Waals surface area (Å²) in [5.74, 6) is -0.897. The van der Waals surface area contributed by atoms with Crippen LogP contribution in [0.3, 0.4) is 0 Å². The highest BCUT2D eigenvalue weighted by atomic mass is 16.5. The van der Waals surface area contributed by atoms with E-state index in [4.69, 9.17) is 4.74 Å². The monoisotopic (exact) mass is 546 g/mol. The molecule has 5 atom stereocenters. The summed E-state index contributed by atoms with van der Waals surface area (Å²) in [7, 11) is 1.63. The van der Waals surface area contributed by atoms with Gasteiger partial charge in [-0.1, -0.05) is 58.9 Å². The zero-order valence-electron chi connectivity index (χ0n) is 24.0. The van der Waals surface area contributed by atoms with E-state index in [1.54, 1.807) is 18.2 Å². The van der Waals surface area contributed by atoms with Crippen LogP contribution >= 0.6 is 0 Å². The van der Waals surface area contributed by atoms with Crippen molar-refractivity contribution in [2.24, 2.45) is 28.6 Å². The number of hydrogen-bond acceptors (Lipinski definition) is 7. The smallest absolute Gasteiger partial charge is 0.246 e. The van der Waals surface area contributed by atoms with E-state index in [2.05, 4.69) is 40.7 Å². The van der Waals surface area contributed by atoms with Crippen LogP contribution in [0.4, 0.5) is 0 Å². The molecule has 2 aromatic rings. The zero-order chi connectivity index (χ0) is 29.0. The van der Waals surface area contributed by atoms with Crippen molar-refractivity contribution in [3.8, 4) is 6.07 Å². The molecule has 2 aliphatic carbocycles. The molecule has 0 spiro atoms. The third-order valence-corrected chi connectivity index (χ3v) is 9.25. The first-order chi connectivity index (χ1) is 18.9. The predicted molar refractivity (Wildman–Crippen MR) is 147 cm³/mol. The number of carbonyl (C=O) groups excluding carboxylic acids is 3. The number of carbonyl (C=O) groups is 3. The molecular weight excluding hydrogens is 508 g/mol. The van der Waals surface area contributed by atoms with Crippen molar-refractivity contribution in [3.05, 3.63) is 36.2 Å². The van der Waals surface area contributed by atoms with Gasteiger partial charge in [-0.05, 0) is 35.5 Å². The van der Waals surface area contributed by atoms with Gasteiger partial charge in [-0.2, -0.15) is 15.5 Å². The fraction of sp³-hybridized carbons (Fsp3) is 0.600. The van der Waals surface area contributed by atoms with Gasteiger partial charge in [0.25, 0.3) is 0 Å². The Morgan fingerprint density at radius 1 is 1.15 bits per heavy atom. The Balaban J connectivity index is 1.38. The molecule has 2 heterocycles. The van der Waals surface area contributed by atoms with E-state index in [-0.39, 0.29) is 41.1 Å². The third-order valence-electron chi connectivity index (χ3n) is 9.25. The van der Waals surface area contributed by atoms with Gasteiger partial charge in [-0.25, -0.2) is 0 Å². The summed E-state index contributed by atoms with van der Waals surface area (Å²) in [6.45, 7) is 10.4. The number of nitrogens with zero attached hydrogens (tertiary/aromatic N) is 4. The van der Waals surface area contributed by atoms with E-state index in [1.807, 2.05) is 45.0 Å². The van der Waals surface area contributed by atoms with Gasteiger partial charge in [-0.3, -0.25) is 14.4 Å². The molecule has 2 saturated carbocycles. The average Bonchev–Trinajstić information content (AvgIpc) is 3.21. The Labute approximate surface area is 234 Å². The molecule has 3 amide bonds. The van der Waals surface area contributed by atoms with Crippen LogP contribution in [0, 0.1) is 39.9 Å². The van der Waals surface area contributed by atoms with Crippen molar-refractivity contribution in [1.82, 2.24) is 25.7 Å². The Morgan fingerprint density at radius 3 is 2.50 bits per heavy atom. The minimum absolute atomic E-state index is 0.0418. The lowest BCUT2D eigenvalue weighted by molar-refractivity contribution is -0.147. The summed E-state index contributed by atoms with van der Waals surface area (Å²) >= 11 is 0. The van der Waals surface area contributed by atoms with Crippen molar-refractivity contribution < 1.29 is 19.1 Å². The van der Waals surface area contributed by atoms with Gasteiger partial charge in [0.05, 0.1) is 18.4 Å². The number of benzene rings is 1. The fourth-order valence-electron chi connectivity index (χ4n) is 6.51. The van der Waals surface area contributed by atoms with Crippen molar-refractivity contribution in [1.29, 1.82) is 5.26 Å². The van der Waals surface area contributed by atoms with Gasteiger partial charge in [0.2, 0.25) is 17.7 Å². The maximum Gasteiger partial charge on any atom is 0.246 e. The molecule has 10 heteroatoms. The first-order valence-electron chi connectivity index (χ1n) is 13.9. The molecule has 0 radical (unpaired) electrons. The Morgan fingerprint density at radius 2 is 1.85 bits per heavy atom. The molecule has 1 saturated heterocycles. The molecule has 212 valence electrons. The lowest BCUT2D eigenvalue weighted by Gasteiger charge is -2.39. The van der Waals surface area contributed by atoms with Crippen molar-refractivity contribution in [2.75, 3.05) is 13.7 Å². The quantitative estimate of drug-likeness (QED) is 0.545. The van der Waals surface area contributed by atoms with Gasteiger partial charge in [0, 0.05) is 30.3 Å². The molecule has 1 aromatic carbocycles. The molecule has 10 nitrogen and oxygen atoms in total. The van der Waals surface area contributed by atoms with Crippen LogP contribution < -0.4 is 10.6 Å². The molecule has 1 aliphatic heterocycles. The fourth-order valence-corrected chi connectivity index (χ4v) is 6.51. The normalized spacial score (nSPS) is 28.0. The number of nitrogens with one attached hydrogen (secondary N) is 2. The number of ether oxygens (including phenoxy) is 1. The van der Waals surface area contributed by atoms with E-state index in [0.29, 0.717) is 25.1 Å². The number of nitriles is 1. The summed E-state index contributed by atoms with van der Waals surface area (Å²) in [6.07, 6.45) is 2.95. The maximum atomic E-state index is 14.1. The number of rotatable bonds is 7. The number of fused-ring (bicyclic) bond motifs is 2. The summed E-state index contributed by atoms with van der Waals surface area (Å²) < 4.78 is 5.31. The summed E-state index contributed by atoms with van der Waals surface area (Å²) in [5, 5.41) is 25.6. The van der Waals surface area contributed by atoms with Crippen molar-refractivity contribution in [3.63, 3.8) is 0 Å². The van der Waals surface area contributed by atoms with Gasteiger partial charge < -0.3 is 20.3 Å². The highest BCUT2D eigenvalue weighted by molar-refractivity contribution is 5.95. The van der Waals surface area contributed by atoms with Gasteiger partial charge in [0.15, 0.2) is 6.04 Å². The molecule has 0 bridgehead atoms. The Kier molecular flexibility index (Phi) is 7.07. The zero-order valence-corrected chi connectivity index (χ0v) is 24.0. The number of methoxy groups -OCH3 is 1. The molecule has 3 aliphatic rings. The predicted octanol–water partition coefficient (Wildman–Crippen LogP) is 2.75. The second-order valence-electron chi connectivity index (χ2n) is 13.1. The number of likely N-dealkylation sites (tertiary alicyclic amines) is 1. The Hall–Kier alpha value is -3.58. The van der Waals surface area contributed by atoms with Crippen LogP contribution in [0.25, 0.3) is 10.8 Å². The molecule has 1 aromatic heterocycles. The SMILES string of the molecule is COC1CC(C(=O)NC(C(=O)N2C[C@H]3[C@@H]([C@H]2C(=O)NC(C#N)c2nncc4ccccc24)C3(C)C)C(C)(C)C)C1. The molecule has 40 heavy (non-hydrogen) atoms. The third kappa shape index (κ3) is 4.81. The van der Waals surface area contributed by atoms with Crippen molar-refractivity contribution >= 4 is 28.5 Å². The number of hydrogen-bond donors (Lipinski definition) is 2. The number of piperidine rings is 1. The minimum Gasteiger partial charge on any atom is -0.381 e. The van der Waals surface area contributed by atoms with Gasteiger partial charge >= 0.3 is 0 Å². The maximum absolute atomic E-state index is 14.1. The summed E-state index contributed by atoms with van der Waals surface area (Å²) in [6, 6.07) is 7.01. The summed E-state index contributed by atoms with van der Waals surface area (Å²) in [4.78, 5) is 42.6. The van der Waals surface area contributed by atoms with E-state index < -0.39 is 29.4 Å². The highest BCUT2D eigenvalue weighted by Crippen LogP contribution is 2.65. The van der Waals surface area contributed by atoms with Crippen LogP contribution in [-0.2, 0) is 19.1 Å². The first-order valence-corrected chi connectivity index (χ1v) is 13.9. The minimum atomic E-state index is -1.03. The van der Waals surface area contributed by atoms with Gasteiger partial charge in [-0.15, -0.1) is 0 Å². The lowest BCUT2D eigenvalue weighted by Crippen LogP contribution is -2.60. The summed E-state index contributed by atoms with van der Waals surface area (Å²) in [5.41, 5.74) is -0.318. The lowest BCUT2D eigenvalue weighted by atomic mass is 9.80. The second kappa shape index (κ2) is 10.1. The Bertz CT molecular complexity index is 1370. The van der Waals surface area contributed by atoms with E-state index >= 15 is 0 Å². The topological polar surface area (TPSA) is 137 Å².